The molecule has 0 saturated heterocycles. The van der Waals surface area contributed by atoms with Gasteiger partial charge in [0, 0.05) is 18.2 Å². The quantitative estimate of drug-likeness (QED) is 0.858. The Bertz CT molecular complexity index is 371. The van der Waals surface area contributed by atoms with Gasteiger partial charge in [-0.15, -0.1) is 12.4 Å². The maximum atomic E-state index is 12.9. The summed E-state index contributed by atoms with van der Waals surface area (Å²) in [5.41, 5.74) is 6.69. The predicted molar refractivity (Wildman–Crippen MR) is 65.2 cm³/mol. The number of nitrogens with two attached hydrogens (primary N) is 1. The topological polar surface area (TPSA) is 55.1 Å². The molecule has 1 aromatic carbocycles. The average molecular weight is 247 g/mol. The molecule has 1 rings (SSSR count). The lowest BCUT2D eigenvalue weighted by atomic mass is 10.1. The molecule has 1 atom stereocenters. The Kier molecular flexibility index (Phi) is 6.00. The summed E-state index contributed by atoms with van der Waals surface area (Å²) in [6.45, 7) is 3.81. The summed E-state index contributed by atoms with van der Waals surface area (Å²) in [6.07, 6.45) is 0. The molecule has 1 aromatic rings. The van der Waals surface area contributed by atoms with E-state index in [2.05, 4.69) is 5.32 Å². The summed E-state index contributed by atoms with van der Waals surface area (Å²) in [7, 11) is 0. The van der Waals surface area contributed by atoms with Crippen molar-refractivity contribution >= 4 is 24.0 Å². The van der Waals surface area contributed by atoms with E-state index in [1.165, 1.54) is 12.1 Å². The first-order valence-electron chi connectivity index (χ1n) is 4.81. The zero-order valence-corrected chi connectivity index (χ0v) is 10.1. The molecule has 0 aliphatic heterocycles. The monoisotopic (exact) mass is 246 g/mol. The summed E-state index contributed by atoms with van der Waals surface area (Å²) in [6, 6.07) is 4.28. The van der Waals surface area contributed by atoms with Crippen molar-refractivity contribution in [2.75, 3.05) is 11.9 Å². The maximum absolute atomic E-state index is 12.9. The first kappa shape index (κ1) is 14.9. The molecule has 0 aliphatic carbocycles. The fraction of sp³-hybridized carbons (Fsp3) is 0.364. The van der Waals surface area contributed by atoms with Gasteiger partial charge in [-0.3, -0.25) is 4.79 Å². The largest absolute Gasteiger partial charge is 0.330 e. The third kappa shape index (κ3) is 3.79. The lowest BCUT2D eigenvalue weighted by Crippen LogP contribution is -2.27. The van der Waals surface area contributed by atoms with Crippen LogP contribution in [0.5, 0.6) is 0 Å². The van der Waals surface area contributed by atoms with E-state index in [0.29, 0.717) is 5.69 Å². The Balaban J connectivity index is 0.00000225. The van der Waals surface area contributed by atoms with Crippen LogP contribution < -0.4 is 11.1 Å². The molecular formula is C11H16ClFN2O. The van der Waals surface area contributed by atoms with E-state index in [0.717, 1.165) is 5.56 Å². The molecule has 0 aromatic heterocycles. The maximum Gasteiger partial charge on any atom is 0.228 e. The van der Waals surface area contributed by atoms with Crippen LogP contribution in [0.3, 0.4) is 0 Å². The van der Waals surface area contributed by atoms with Crippen molar-refractivity contribution in [2.45, 2.75) is 13.8 Å². The van der Waals surface area contributed by atoms with Crippen LogP contribution in [0.1, 0.15) is 12.5 Å². The van der Waals surface area contributed by atoms with Gasteiger partial charge in [0.05, 0.1) is 0 Å². The molecule has 0 aliphatic rings. The van der Waals surface area contributed by atoms with Crippen molar-refractivity contribution in [2.24, 2.45) is 11.7 Å². The Morgan fingerprint density at radius 1 is 1.56 bits per heavy atom. The third-order valence-corrected chi connectivity index (χ3v) is 2.26. The summed E-state index contributed by atoms with van der Waals surface area (Å²) in [5.74, 6) is -0.824. The predicted octanol–water partition coefficient (Wildman–Crippen LogP) is 2.09. The highest BCUT2D eigenvalue weighted by atomic mass is 35.5. The zero-order chi connectivity index (χ0) is 11.4. The molecule has 0 bridgehead atoms. The van der Waals surface area contributed by atoms with Gasteiger partial charge in [-0.2, -0.15) is 0 Å². The lowest BCUT2D eigenvalue weighted by Gasteiger charge is -2.11. The van der Waals surface area contributed by atoms with Crippen LogP contribution in [0, 0.1) is 18.7 Å². The number of nitrogens with one attached hydrogen (secondary N) is 1. The first-order chi connectivity index (χ1) is 7.04. The molecule has 0 radical (unpaired) electrons. The number of hydrogen-bond acceptors (Lipinski definition) is 2. The van der Waals surface area contributed by atoms with E-state index in [9.17, 15) is 9.18 Å². The molecule has 0 spiro atoms. The number of anilines is 1. The van der Waals surface area contributed by atoms with Gasteiger partial charge in [-0.05, 0) is 24.6 Å². The minimum absolute atomic E-state index is 0. The van der Waals surface area contributed by atoms with Crippen LogP contribution in [0.15, 0.2) is 18.2 Å². The summed E-state index contributed by atoms with van der Waals surface area (Å²) >= 11 is 0. The third-order valence-electron chi connectivity index (χ3n) is 2.26. The molecule has 1 unspecified atom stereocenters. The summed E-state index contributed by atoms with van der Waals surface area (Å²) in [5, 5.41) is 2.64. The minimum atomic E-state index is -0.365. The van der Waals surface area contributed by atoms with Crippen molar-refractivity contribution in [1.82, 2.24) is 0 Å². The Labute approximate surface area is 101 Å². The molecule has 0 fully saturated rings. The fourth-order valence-corrected chi connectivity index (χ4v) is 1.09. The number of amides is 1. The van der Waals surface area contributed by atoms with E-state index < -0.39 is 0 Å². The van der Waals surface area contributed by atoms with Crippen molar-refractivity contribution in [3.63, 3.8) is 0 Å². The van der Waals surface area contributed by atoms with E-state index in [-0.39, 0.29) is 36.6 Å². The number of benzene rings is 1. The van der Waals surface area contributed by atoms with Crippen LogP contribution in [0.25, 0.3) is 0 Å². The Morgan fingerprint density at radius 3 is 2.75 bits per heavy atom. The number of aryl methyl sites for hydroxylation is 1. The van der Waals surface area contributed by atoms with Gasteiger partial charge in [-0.1, -0.05) is 13.0 Å². The second-order valence-electron chi connectivity index (χ2n) is 3.59. The van der Waals surface area contributed by atoms with Crippen LogP contribution in [0.4, 0.5) is 10.1 Å². The van der Waals surface area contributed by atoms with Crippen molar-refractivity contribution in [3.05, 3.63) is 29.6 Å². The Morgan fingerprint density at radius 2 is 2.19 bits per heavy atom. The van der Waals surface area contributed by atoms with Crippen LogP contribution >= 0.6 is 12.4 Å². The number of rotatable bonds is 3. The molecule has 3 N–H and O–H groups in total. The van der Waals surface area contributed by atoms with Crippen LogP contribution in [0.2, 0.25) is 0 Å². The highest BCUT2D eigenvalue weighted by molar-refractivity contribution is 5.93. The van der Waals surface area contributed by atoms with Gasteiger partial charge >= 0.3 is 0 Å². The molecule has 90 valence electrons. The Hall–Kier alpha value is -1.13. The van der Waals surface area contributed by atoms with Crippen molar-refractivity contribution in [1.29, 1.82) is 0 Å². The number of hydrogen-bond donors (Lipinski definition) is 2. The zero-order valence-electron chi connectivity index (χ0n) is 9.29. The minimum Gasteiger partial charge on any atom is -0.330 e. The molecule has 0 saturated carbocycles. The normalized spacial score (nSPS) is 11.5. The number of carbonyl (C=O) groups is 1. The molecule has 3 nitrogen and oxygen atoms in total. The molecule has 1 amide bonds. The van der Waals surface area contributed by atoms with Gasteiger partial charge in [0.1, 0.15) is 5.82 Å². The summed E-state index contributed by atoms with van der Waals surface area (Å²) < 4.78 is 12.9. The van der Waals surface area contributed by atoms with Gasteiger partial charge in [0.25, 0.3) is 0 Å². The van der Waals surface area contributed by atoms with Crippen LogP contribution in [-0.2, 0) is 4.79 Å². The molecule has 5 heteroatoms. The van der Waals surface area contributed by atoms with Crippen LogP contribution in [-0.4, -0.2) is 12.5 Å². The van der Waals surface area contributed by atoms with E-state index in [1.54, 1.807) is 13.0 Å². The standard InChI is InChI=1S/C11H15FN2O.ClH/c1-7-3-4-9(12)5-10(7)14-11(15)8(2)6-13;/h3-5,8H,6,13H2,1-2H3,(H,14,15);1H. The SMILES string of the molecule is Cc1ccc(F)cc1NC(=O)C(C)CN.Cl. The molecular weight excluding hydrogens is 231 g/mol. The van der Waals surface area contributed by atoms with Gasteiger partial charge in [0.2, 0.25) is 5.91 Å². The van der Waals surface area contributed by atoms with E-state index in [4.69, 9.17) is 5.73 Å². The highest BCUT2D eigenvalue weighted by Gasteiger charge is 2.12. The highest BCUT2D eigenvalue weighted by Crippen LogP contribution is 2.16. The summed E-state index contributed by atoms with van der Waals surface area (Å²) in [4.78, 5) is 11.5. The van der Waals surface area contributed by atoms with Gasteiger partial charge in [0.15, 0.2) is 0 Å². The van der Waals surface area contributed by atoms with Gasteiger partial charge < -0.3 is 11.1 Å². The smallest absolute Gasteiger partial charge is 0.228 e. The van der Waals surface area contributed by atoms with Crippen molar-refractivity contribution in [3.8, 4) is 0 Å². The first-order valence-corrected chi connectivity index (χ1v) is 4.81. The second-order valence-corrected chi connectivity index (χ2v) is 3.59. The van der Waals surface area contributed by atoms with E-state index >= 15 is 0 Å². The molecule has 16 heavy (non-hydrogen) atoms. The number of halogens is 2. The molecule has 0 heterocycles. The second kappa shape index (κ2) is 6.45. The average Bonchev–Trinajstić information content (AvgIpc) is 2.22. The van der Waals surface area contributed by atoms with Gasteiger partial charge in [-0.25, -0.2) is 4.39 Å². The van der Waals surface area contributed by atoms with E-state index in [1.807, 2.05) is 6.92 Å². The fourth-order valence-electron chi connectivity index (χ4n) is 1.09. The lowest BCUT2D eigenvalue weighted by molar-refractivity contribution is -0.119. The number of carbonyl (C=O) groups excluding carboxylic acids is 1. The van der Waals surface area contributed by atoms with Crippen molar-refractivity contribution < 1.29 is 9.18 Å².